The third-order valence-electron chi connectivity index (χ3n) is 14.9. The molecule has 0 saturated carbocycles. The zero-order valence-electron chi connectivity index (χ0n) is 41.5. The van der Waals surface area contributed by atoms with Crippen LogP contribution in [0.4, 0.5) is 4.79 Å². The first-order valence-corrected chi connectivity index (χ1v) is 24.1. The van der Waals surface area contributed by atoms with Gasteiger partial charge in [0.25, 0.3) is 0 Å². The molecule has 17 nitrogen and oxygen atoms in total. The zero-order chi connectivity index (χ0) is 49.0. The summed E-state index contributed by atoms with van der Waals surface area (Å²) in [6.07, 6.45) is -0.102. The molecule has 6 rings (SSSR count). The number of aliphatic hydroxyl groups excluding tert-OH is 1. The minimum Gasteiger partial charge on any atom is -0.461 e. The van der Waals surface area contributed by atoms with Crippen molar-refractivity contribution in [3.05, 3.63) is 54.4 Å². The number of carbonyl (C=O) groups excluding carboxylic acids is 4. The number of pyridine rings is 1. The first-order valence-electron chi connectivity index (χ1n) is 24.1. The molecule has 0 aliphatic carbocycles. The lowest BCUT2D eigenvalue weighted by Crippen LogP contribution is -2.65. The van der Waals surface area contributed by atoms with E-state index in [1.807, 2.05) is 77.5 Å². The van der Waals surface area contributed by atoms with E-state index in [2.05, 4.69) is 20.2 Å². The van der Waals surface area contributed by atoms with Crippen LogP contribution < -0.4 is 0 Å². The quantitative estimate of drug-likeness (QED) is 0.109. The summed E-state index contributed by atoms with van der Waals surface area (Å²) in [5.74, 6) is -6.46. The molecule has 0 spiro atoms. The summed E-state index contributed by atoms with van der Waals surface area (Å²) < 4.78 is 41.0. The number of unbranched alkanes of at least 4 members (excludes halogenated alkanes) is 1. The number of Topliss-reactive ketones (excluding diaryl/α,β-unsaturated/α-hetero) is 1. The highest BCUT2D eigenvalue weighted by molar-refractivity contribution is 5.85. The topological polar surface area (TPSA) is 194 Å². The second-order valence-electron chi connectivity index (χ2n) is 19.8. The molecule has 3 aliphatic heterocycles. The van der Waals surface area contributed by atoms with Crippen molar-refractivity contribution in [2.75, 3.05) is 27.2 Å². The van der Waals surface area contributed by atoms with E-state index in [1.54, 1.807) is 57.1 Å². The maximum atomic E-state index is 15.1. The Bertz CT molecular complexity index is 2180. The Hall–Kier alpha value is -4.55. The number of esters is 2. The number of likely N-dealkylation sites (N-methyl/N-ethyl adjacent to an activating group) is 1. The first-order chi connectivity index (χ1) is 31.7. The van der Waals surface area contributed by atoms with Crippen molar-refractivity contribution in [1.29, 1.82) is 0 Å². The Morgan fingerprint density at radius 2 is 1.66 bits per heavy atom. The number of hydrogen-bond donors (Lipinski definition) is 1. The van der Waals surface area contributed by atoms with Crippen molar-refractivity contribution in [2.45, 2.75) is 174 Å². The molecular formula is C50H74N6O11. The summed E-state index contributed by atoms with van der Waals surface area (Å²) >= 11 is 0. The number of para-hydroxylation sites is 1. The zero-order valence-corrected chi connectivity index (χ0v) is 41.5. The second-order valence-corrected chi connectivity index (χ2v) is 19.8. The van der Waals surface area contributed by atoms with E-state index in [1.165, 1.54) is 7.11 Å². The van der Waals surface area contributed by atoms with Gasteiger partial charge in [-0.25, -0.2) is 9.48 Å². The molecule has 1 N–H and O–H groups in total. The van der Waals surface area contributed by atoms with Gasteiger partial charge in [0.05, 0.1) is 41.7 Å². The van der Waals surface area contributed by atoms with Crippen LogP contribution >= 0.6 is 0 Å². The van der Waals surface area contributed by atoms with Gasteiger partial charge in [0.15, 0.2) is 11.4 Å². The highest BCUT2D eigenvalue weighted by Crippen LogP contribution is 2.45. The largest absolute Gasteiger partial charge is 0.461 e. The molecule has 3 fully saturated rings. The fourth-order valence-corrected chi connectivity index (χ4v) is 11.1. The van der Waals surface area contributed by atoms with Gasteiger partial charge in [-0.3, -0.25) is 19.4 Å². The monoisotopic (exact) mass is 935 g/mol. The van der Waals surface area contributed by atoms with E-state index in [4.69, 9.17) is 28.4 Å². The summed E-state index contributed by atoms with van der Waals surface area (Å²) in [7, 11) is 3.47. The normalized spacial score (nSPS) is 35.5. The van der Waals surface area contributed by atoms with Gasteiger partial charge in [-0.2, -0.15) is 0 Å². The number of aliphatic hydroxyl groups is 1. The number of amides is 1. The maximum absolute atomic E-state index is 15.1. The molecule has 14 atom stereocenters. The summed E-state index contributed by atoms with van der Waals surface area (Å²) in [4.78, 5) is 65.7. The molecule has 17 heteroatoms. The molecular weight excluding hydrogens is 861 g/mol. The van der Waals surface area contributed by atoms with Gasteiger partial charge in [0.1, 0.15) is 29.6 Å². The number of benzene rings is 1. The Balaban J connectivity index is 1.39. The van der Waals surface area contributed by atoms with Gasteiger partial charge in [-0.1, -0.05) is 52.0 Å². The molecule has 3 aliphatic rings. The SMILES string of the molecule is CC[C@H]1OC(=O)[C@H](C)C(OC(=O)Cc2ccncc2)[C@H](C)[C@@H](O[C@]2(C)O[C@H](C)C[C@H](N(C)CC)[C@H]2O)[C@](C)(OC)C[C@@H](C)C(=O)[C@H](C)[C@H]2N(CCCCn3nnc4ccccc43)C(=O)O[C@]12C. The number of methoxy groups -OCH3 is 1. The lowest BCUT2D eigenvalue weighted by Gasteiger charge is -2.52. The average molecular weight is 935 g/mol. The molecule has 1 aromatic carbocycles. The Morgan fingerprint density at radius 3 is 2.33 bits per heavy atom. The number of ether oxygens (including phenoxy) is 6. The molecule has 370 valence electrons. The average Bonchev–Trinajstić information content (AvgIpc) is 3.84. The van der Waals surface area contributed by atoms with Crippen LogP contribution in [-0.2, 0) is 55.8 Å². The number of rotatable bonds is 14. The van der Waals surface area contributed by atoms with Crippen molar-refractivity contribution in [3.63, 3.8) is 0 Å². The molecule has 3 saturated heterocycles. The number of hydrogen-bond acceptors (Lipinski definition) is 15. The molecule has 67 heavy (non-hydrogen) atoms. The molecule has 2 aromatic heterocycles. The molecule has 3 aromatic rings. The lowest BCUT2D eigenvalue weighted by atomic mass is 9.73. The molecule has 1 unspecified atom stereocenters. The standard InChI is InChI=1S/C50H74N6O11/c1-13-39-49(9)43(55(47(61)67-49)25-17-18-26-56-37-20-16-15-19-36(37)52-53-56)32(5)41(58)30(3)29-48(8,62-12)45(66-50(10)44(59)38(54(11)14-2)27-31(4)65-50)33(6)42(34(7)46(60)63-39)64-40(57)28-35-21-23-51-24-22-35/h15-16,19-24,30-34,38-39,42-45,59H,13-14,17-18,25-29H2,1-12H3/t30-,31-,32+,33+,34-,38+,39-,42?,43-,44-,45-,48-,49-,50+/m1/s1. The van der Waals surface area contributed by atoms with Crippen LogP contribution in [0.3, 0.4) is 0 Å². The number of aryl methyl sites for hydroxylation is 1. The van der Waals surface area contributed by atoms with Gasteiger partial charge in [-0.05, 0) is 110 Å². The highest BCUT2D eigenvalue weighted by atomic mass is 16.7. The first kappa shape index (κ1) is 51.8. The number of aromatic nitrogens is 4. The fraction of sp³-hybridized carbons (Fsp3) is 0.700. The third-order valence-corrected chi connectivity index (χ3v) is 14.9. The van der Waals surface area contributed by atoms with E-state index in [9.17, 15) is 19.5 Å². The van der Waals surface area contributed by atoms with Crippen LogP contribution in [0.2, 0.25) is 0 Å². The van der Waals surface area contributed by atoms with Crippen molar-refractivity contribution in [3.8, 4) is 0 Å². The molecule has 0 radical (unpaired) electrons. The van der Waals surface area contributed by atoms with Gasteiger partial charge in [-0.15, -0.1) is 5.10 Å². The lowest BCUT2D eigenvalue weighted by molar-refractivity contribution is -0.359. The Kier molecular flexibility index (Phi) is 16.6. The third kappa shape index (κ3) is 10.9. The number of cyclic esters (lactones) is 1. The highest BCUT2D eigenvalue weighted by Gasteiger charge is 2.61. The smallest absolute Gasteiger partial charge is 0.410 e. The van der Waals surface area contributed by atoms with Gasteiger partial charge in [0, 0.05) is 56.4 Å². The van der Waals surface area contributed by atoms with Crippen molar-refractivity contribution >= 4 is 34.8 Å². The van der Waals surface area contributed by atoms with Gasteiger partial charge < -0.3 is 43.3 Å². The molecule has 0 bridgehead atoms. The summed E-state index contributed by atoms with van der Waals surface area (Å²) in [5, 5.41) is 20.7. The van der Waals surface area contributed by atoms with Crippen LogP contribution in [0.25, 0.3) is 11.0 Å². The fourth-order valence-electron chi connectivity index (χ4n) is 11.1. The number of carbonyl (C=O) groups is 4. The Morgan fingerprint density at radius 1 is 0.970 bits per heavy atom. The summed E-state index contributed by atoms with van der Waals surface area (Å²) in [6.45, 7) is 19.6. The van der Waals surface area contributed by atoms with E-state index in [-0.39, 0.29) is 43.7 Å². The van der Waals surface area contributed by atoms with E-state index >= 15 is 4.79 Å². The van der Waals surface area contributed by atoms with Crippen LogP contribution in [-0.4, -0.2) is 146 Å². The Labute approximate surface area is 395 Å². The minimum absolute atomic E-state index is 0.107. The van der Waals surface area contributed by atoms with E-state index in [0.717, 1.165) is 11.0 Å². The summed E-state index contributed by atoms with van der Waals surface area (Å²) in [6, 6.07) is 9.98. The second kappa shape index (κ2) is 21.4. The number of ketones is 1. The van der Waals surface area contributed by atoms with E-state index < -0.39 is 89.2 Å². The van der Waals surface area contributed by atoms with Crippen molar-refractivity contribution in [2.24, 2.45) is 23.7 Å². The van der Waals surface area contributed by atoms with Gasteiger partial charge in [0.2, 0.25) is 0 Å². The number of nitrogens with zero attached hydrogens (tertiary/aromatic N) is 6. The predicted molar refractivity (Wildman–Crippen MR) is 248 cm³/mol. The van der Waals surface area contributed by atoms with Gasteiger partial charge >= 0.3 is 18.0 Å². The predicted octanol–water partition coefficient (Wildman–Crippen LogP) is 6.18. The maximum Gasteiger partial charge on any atom is 0.410 e. The number of fused-ring (bicyclic) bond motifs is 2. The van der Waals surface area contributed by atoms with Crippen LogP contribution in [0.1, 0.15) is 107 Å². The van der Waals surface area contributed by atoms with Crippen LogP contribution in [0.15, 0.2) is 48.8 Å². The van der Waals surface area contributed by atoms with Crippen LogP contribution in [0.5, 0.6) is 0 Å². The van der Waals surface area contributed by atoms with E-state index in [0.29, 0.717) is 37.9 Å². The molecule has 5 heterocycles. The van der Waals surface area contributed by atoms with Crippen molar-refractivity contribution < 1.29 is 52.7 Å². The summed E-state index contributed by atoms with van der Waals surface area (Å²) in [5.41, 5.74) is -0.401. The van der Waals surface area contributed by atoms with Crippen LogP contribution in [0, 0.1) is 23.7 Å². The minimum atomic E-state index is -1.61. The van der Waals surface area contributed by atoms with Crippen molar-refractivity contribution in [1.82, 2.24) is 29.8 Å². The molecule has 1 amide bonds.